The van der Waals surface area contributed by atoms with Gasteiger partial charge in [-0.2, -0.15) is 0 Å². The Morgan fingerprint density at radius 2 is 1.56 bits per heavy atom. The van der Waals surface area contributed by atoms with Gasteiger partial charge in [0, 0.05) is 31.0 Å². The molecule has 25 heavy (non-hydrogen) atoms. The topological polar surface area (TPSA) is 57.7 Å². The van der Waals surface area contributed by atoms with E-state index in [-0.39, 0.29) is 16.8 Å². The lowest BCUT2D eigenvalue weighted by Crippen LogP contribution is -2.36. The molecule has 0 bridgehead atoms. The summed E-state index contributed by atoms with van der Waals surface area (Å²) >= 11 is 0. The zero-order valence-electron chi connectivity index (χ0n) is 15.5. The van der Waals surface area contributed by atoms with E-state index >= 15 is 0 Å². The Morgan fingerprint density at radius 3 is 2.08 bits per heavy atom. The van der Waals surface area contributed by atoms with Crippen molar-refractivity contribution < 1.29 is 13.2 Å². The molecule has 5 nitrogen and oxygen atoms in total. The molecule has 2 aliphatic carbocycles. The van der Waals surface area contributed by atoms with Crippen molar-refractivity contribution in [2.75, 3.05) is 27.4 Å². The molecule has 2 unspecified atom stereocenters. The van der Waals surface area contributed by atoms with Crippen molar-refractivity contribution in [1.82, 2.24) is 9.80 Å². The number of nitrogens with zero attached hydrogens (tertiary/aromatic N) is 2. The maximum absolute atomic E-state index is 12.8. The maximum atomic E-state index is 12.8. The molecule has 1 aromatic rings. The molecule has 1 aromatic carbocycles. The summed E-state index contributed by atoms with van der Waals surface area (Å²) in [5, 5.41) is 0. The first kappa shape index (κ1) is 18.4. The highest BCUT2D eigenvalue weighted by Gasteiger charge is 2.44. The Morgan fingerprint density at radius 1 is 1.00 bits per heavy atom. The van der Waals surface area contributed by atoms with Gasteiger partial charge in [0.1, 0.15) is 0 Å². The van der Waals surface area contributed by atoms with Crippen LogP contribution in [0.2, 0.25) is 0 Å². The Labute approximate surface area is 150 Å². The molecular formula is C19H28N2O3S. The molecule has 2 fully saturated rings. The van der Waals surface area contributed by atoms with Crippen molar-refractivity contribution in [3.63, 3.8) is 0 Å². The third-order valence-corrected chi connectivity index (χ3v) is 7.18. The van der Waals surface area contributed by atoms with Crippen LogP contribution in [0, 0.1) is 11.8 Å². The van der Waals surface area contributed by atoms with E-state index in [1.807, 2.05) is 11.9 Å². The van der Waals surface area contributed by atoms with E-state index in [2.05, 4.69) is 19.0 Å². The molecule has 0 heterocycles. The summed E-state index contributed by atoms with van der Waals surface area (Å²) < 4.78 is 23.4. The molecule has 4 atom stereocenters. The molecule has 3 rings (SSSR count). The third kappa shape index (κ3) is 3.75. The van der Waals surface area contributed by atoms with Crippen LogP contribution in [-0.4, -0.2) is 63.6 Å². The molecule has 0 spiro atoms. The molecule has 6 heteroatoms. The number of fused-ring (bicyclic) bond motifs is 1. The third-order valence-electron chi connectivity index (χ3n) is 6.07. The summed E-state index contributed by atoms with van der Waals surface area (Å²) in [4.78, 5) is 17.2. The molecule has 2 saturated carbocycles. The monoisotopic (exact) mass is 364 g/mol. The summed E-state index contributed by atoms with van der Waals surface area (Å²) in [5.74, 6) is 1.32. The van der Waals surface area contributed by atoms with Gasteiger partial charge in [-0.05, 0) is 69.8 Å². The standard InChI is InChI=1S/C19H28N2O3S/c1-20(2)16-8-14-10-17(11-15(14)9-16)21(3)19(22)13-6-5-7-18(12-13)25(4,23)24/h5-7,12,14-17H,8-11H2,1-4H3/t14-,15+,16?,17?. The predicted octanol–water partition coefficient (Wildman–Crippen LogP) is 2.28. The minimum atomic E-state index is -3.31. The zero-order valence-corrected chi connectivity index (χ0v) is 16.3. The van der Waals surface area contributed by atoms with Gasteiger partial charge in [0.15, 0.2) is 9.84 Å². The number of carbonyl (C=O) groups excluding carboxylic acids is 1. The van der Waals surface area contributed by atoms with Crippen molar-refractivity contribution in [2.24, 2.45) is 11.8 Å². The maximum Gasteiger partial charge on any atom is 0.253 e. The van der Waals surface area contributed by atoms with E-state index in [4.69, 9.17) is 0 Å². The minimum absolute atomic E-state index is 0.0837. The highest BCUT2D eigenvalue weighted by atomic mass is 32.2. The Bertz CT molecular complexity index is 746. The van der Waals surface area contributed by atoms with Crippen LogP contribution in [0.4, 0.5) is 0 Å². The van der Waals surface area contributed by atoms with Crippen LogP contribution < -0.4 is 0 Å². The molecule has 2 aliphatic rings. The second-order valence-electron chi connectivity index (χ2n) is 7.95. The van der Waals surface area contributed by atoms with Crippen LogP contribution in [0.25, 0.3) is 0 Å². The largest absolute Gasteiger partial charge is 0.339 e. The summed E-state index contributed by atoms with van der Waals surface area (Å²) in [6, 6.07) is 7.30. The summed E-state index contributed by atoms with van der Waals surface area (Å²) in [5.41, 5.74) is 0.452. The van der Waals surface area contributed by atoms with Gasteiger partial charge in [0.25, 0.3) is 5.91 Å². The molecule has 0 N–H and O–H groups in total. The number of rotatable bonds is 4. The molecule has 0 saturated heterocycles. The summed E-state index contributed by atoms with van der Waals surface area (Å²) in [7, 11) is 2.84. The number of hydrogen-bond donors (Lipinski definition) is 0. The van der Waals surface area contributed by atoms with Crippen LogP contribution in [0.1, 0.15) is 36.0 Å². The molecule has 1 amide bonds. The number of hydrogen-bond acceptors (Lipinski definition) is 4. The summed E-state index contributed by atoms with van der Waals surface area (Å²) in [6.45, 7) is 0. The first-order chi connectivity index (χ1) is 11.7. The van der Waals surface area contributed by atoms with Crippen LogP contribution in [0.3, 0.4) is 0 Å². The molecule has 0 aliphatic heterocycles. The van der Waals surface area contributed by atoms with Gasteiger partial charge in [-0.3, -0.25) is 4.79 Å². The number of amides is 1. The van der Waals surface area contributed by atoms with E-state index in [1.165, 1.54) is 31.2 Å². The van der Waals surface area contributed by atoms with E-state index < -0.39 is 9.84 Å². The molecule has 138 valence electrons. The van der Waals surface area contributed by atoms with E-state index in [0.717, 1.165) is 12.8 Å². The smallest absolute Gasteiger partial charge is 0.253 e. The van der Waals surface area contributed by atoms with E-state index in [0.29, 0.717) is 23.4 Å². The Balaban J connectivity index is 1.69. The molecular weight excluding hydrogens is 336 g/mol. The Hall–Kier alpha value is -1.40. The predicted molar refractivity (Wildman–Crippen MR) is 98.4 cm³/mol. The van der Waals surface area contributed by atoms with E-state index in [9.17, 15) is 13.2 Å². The van der Waals surface area contributed by atoms with Crippen molar-refractivity contribution in [2.45, 2.75) is 42.7 Å². The second kappa shape index (κ2) is 6.72. The second-order valence-corrected chi connectivity index (χ2v) is 9.97. The molecule has 0 aromatic heterocycles. The lowest BCUT2D eigenvalue weighted by molar-refractivity contribution is 0.0726. The van der Waals surface area contributed by atoms with Gasteiger partial charge in [0.2, 0.25) is 0 Å². The van der Waals surface area contributed by atoms with Crippen LogP contribution in [-0.2, 0) is 9.84 Å². The SMILES string of the molecule is CN(C)C1C[C@@H]2CC(N(C)C(=O)c3cccc(S(C)(=O)=O)c3)C[C@@H]2C1. The minimum Gasteiger partial charge on any atom is -0.339 e. The fraction of sp³-hybridized carbons (Fsp3) is 0.632. The van der Waals surface area contributed by atoms with Gasteiger partial charge in [0.05, 0.1) is 4.90 Å². The van der Waals surface area contributed by atoms with Gasteiger partial charge in [-0.25, -0.2) is 8.42 Å². The van der Waals surface area contributed by atoms with Gasteiger partial charge in [-0.15, -0.1) is 0 Å². The van der Waals surface area contributed by atoms with Crippen LogP contribution >= 0.6 is 0 Å². The van der Waals surface area contributed by atoms with Crippen molar-refractivity contribution in [1.29, 1.82) is 0 Å². The summed E-state index contributed by atoms with van der Waals surface area (Å²) in [6.07, 6.45) is 5.73. The van der Waals surface area contributed by atoms with E-state index in [1.54, 1.807) is 12.1 Å². The normalized spacial score (nSPS) is 29.0. The first-order valence-electron chi connectivity index (χ1n) is 8.90. The quantitative estimate of drug-likeness (QED) is 0.822. The lowest BCUT2D eigenvalue weighted by Gasteiger charge is -2.27. The van der Waals surface area contributed by atoms with Crippen molar-refractivity contribution in [3.05, 3.63) is 29.8 Å². The van der Waals surface area contributed by atoms with Crippen LogP contribution in [0.15, 0.2) is 29.2 Å². The first-order valence-corrected chi connectivity index (χ1v) is 10.8. The highest BCUT2D eigenvalue weighted by Crippen LogP contribution is 2.46. The number of carbonyl (C=O) groups is 1. The Kier molecular flexibility index (Phi) is 4.95. The van der Waals surface area contributed by atoms with Crippen molar-refractivity contribution in [3.8, 4) is 0 Å². The fourth-order valence-corrected chi connectivity index (χ4v) is 5.19. The van der Waals surface area contributed by atoms with Gasteiger partial charge >= 0.3 is 0 Å². The highest BCUT2D eigenvalue weighted by molar-refractivity contribution is 7.90. The van der Waals surface area contributed by atoms with Gasteiger partial charge in [-0.1, -0.05) is 6.07 Å². The average Bonchev–Trinajstić information content (AvgIpc) is 3.11. The number of benzene rings is 1. The average molecular weight is 365 g/mol. The lowest BCUT2D eigenvalue weighted by atomic mass is 10.0. The zero-order chi connectivity index (χ0) is 18.4. The number of sulfone groups is 1. The van der Waals surface area contributed by atoms with Gasteiger partial charge < -0.3 is 9.80 Å². The van der Waals surface area contributed by atoms with Crippen molar-refractivity contribution >= 4 is 15.7 Å². The van der Waals surface area contributed by atoms with Crippen LogP contribution in [0.5, 0.6) is 0 Å². The fourth-order valence-electron chi connectivity index (χ4n) is 4.52. The molecule has 0 radical (unpaired) electrons.